The summed E-state index contributed by atoms with van der Waals surface area (Å²) in [4.78, 5) is 0. The van der Waals surface area contributed by atoms with Crippen molar-refractivity contribution >= 4 is 39.1 Å². The number of halogens is 3. The van der Waals surface area contributed by atoms with Crippen LogP contribution in [0.2, 0.25) is 10.0 Å². The van der Waals surface area contributed by atoms with E-state index in [2.05, 4.69) is 15.9 Å². The first-order valence-corrected chi connectivity index (χ1v) is 7.64. The molecule has 2 aromatic rings. The zero-order valence-electron chi connectivity index (χ0n) is 11.2. The second-order valence-corrected chi connectivity index (χ2v) is 6.02. The fourth-order valence-electron chi connectivity index (χ4n) is 1.79. The van der Waals surface area contributed by atoms with Gasteiger partial charge < -0.3 is 14.6 Å². The van der Waals surface area contributed by atoms with Crippen LogP contribution in [0.3, 0.4) is 0 Å². The van der Waals surface area contributed by atoms with Crippen LogP contribution in [0.15, 0.2) is 34.8 Å². The monoisotopic (exact) mass is 390 g/mol. The van der Waals surface area contributed by atoms with Gasteiger partial charge in [-0.1, -0.05) is 45.2 Å². The molecule has 3 nitrogen and oxygen atoms in total. The van der Waals surface area contributed by atoms with Crippen LogP contribution in [0.25, 0.3) is 0 Å². The number of aliphatic hydroxyl groups excluding tert-OH is 1. The fraction of sp³-hybridized carbons (Fsp3) is 0.200. The largest absolute Gasteiger partial charge is 0.493 e. The first kappa shape index (κ1) is 16.4. The lowest BCUT2D eigenvalue weighted by Gasteiger charge is -2.14. The minimum absolute atomic E-state index is 0.116. The molecule has 0 aromatic heterocycles. The lowest BCUT2D eigenvalue weighted by Crippen LogP contribution is -2.00. The number of ether oxygens (including phenoxy) is 2. The van der Waals surface area contributed by atoms with Gasteiger partial charge in [0.1, 0.15) is 6.61 Å². The Morgan fingerprint density at radius 2 is 1.90 bits per heavy atom. The zero-order chi connectivity index (χ0) is 15.4. The molecule has 0 atom stereocenters. The third kappa shape index (κ3) is 4.04. The van der Waals surface area contributed by atoms with Crippen molar-refractivity contribution in [3.8, 4) is 11.5 Å². The summed E-state index contributed by atoms with van der Waals surface area (Å²) in [5, 5.41) is 10.2. The van der Waals surface area contributed by atoms with E-state index in [0.717, 1.165) is 10.0 Å². The van der Waals surface area contributed by atoms with Gasteiger partial charge in [0.25, 0.3) is 0 Å². The highest BCUT2D eigenvalue weighted by Gasteiger charge is 2.13. The molecule has 0 spiro atoms. The van der Waals surface area contributed by atoms with E-state index in [1.807, 2.05) is 12.1 Å². The third-order valence-corrected chi connectivity index (χ3v) is 3.98. The van der Waals surface area contributed by atoms with Crippen molar-refractivity contribution in [1.82, 2.24) is 0 Å². The standard InChI is InChI=1S/C15H13BrCl2O3/c1-20-14-5-9(7-19)4-13(18)15(14)21-8-10-2-3-11(16)6-12(10)17/h2-6,19H,7-8H2,1H3. The second-order valence-electron chi connectivity index (χ2n) is 4.29. The van der Waals surface area contributed by atoms with Gasteiger partial charge in [0.2, 0.25) is 0 Å². The zero-order valence-corrected chi connectivity index (χ0v) is 14.3. The molecule has 1 N–H and O–H groups in total. The number of hydrogen-bond donors (Lipinski definition) is 1. The number of aliphatic hydroxyl groups is 1. The van der Waals surface area contributed by atoms with E-state index in [9.17, 15) is 0 Å². The van der Waals surface area contributed by atoms with Crippen LogP contribution in [0.5, 0.6) is 11.5 Å². The summed E-state index contributed by atoms with van der Waals surface area (Å²) in [5.41, 5.74) is 1.50. The summed E-state index contributed by atoms with van der Waals surface area (Å²) in [6, 6.07) is 8.88. The van der Waals surface area contributed by atoms with Crippen molar-refractivity contribution in [2.45, 2.75) is 13.2 Å². The first-order valence-electron chi connectivity index (χ1n) is 6.09. The molecule has 0 radical (unpaired) electrons. The second kappa shape index (κ2) is 7.36. The smallest absolute Gasteiger partial charge is 0.180 e. The van der Waals surface area contributed by atoms with Gasteiger partial charge in [0, 0.05) is 15.1 Å². The summed E-state index contributed by atoms with van der Waals surface area (Å²) in [7, 11) is 1.52. The van der Waals surface area contributed by atoms with Crippen molar-refractivity contribution in [3.05, 3.63) is 56.0 Å². The van der Waals surface area contributed by atoms with Gasteiger partial charge in [-0.25, -0.2) is 0 Å². The third-order valence-electron chi connectivity index (χ3n) is 2.86. The number of rotatable bonds is 5. The van der Waals surface area contributed by atoms with Crippen molar-refractivity contribution in [3.63, 3.8) is 0 Å². The van der Waals surface area contributed by atoms with Crippen LogP contribution in [0, 0.1) is 0 Å². The Kier molecular flexibility index (Phi) is 5.76. The molecule has 2 rings (SSSR count). The van der Waals surface area contributed by atoms with Crippen molar-refractivity contribution in [2.24, 2.45) is 0 Å². The van der Waals surface area contributed by atoms with Crippen LogP contribution >= 0.6 is 39.1 Å². The predicted octanol–water partition coefficient (Wildman–Crippen LogP) is 4.84. The van der Waals surface area contributed by atoms with E-state index in [1.54, 1.807) is 18.2 Å². The van der Waals surface area contributed by atoms with Crippen molar-refractivity contribution < 1.29 is 14.6 Å². The van der Waals surface area contributed by atoms with E-state index < -0.39 is 0 Å². The molecule has 0 bridgehead atoms. The molecule has 0 heterocycles. The summed E-state index contributed by atoms with van der Waals surface area (Å²) in [5.74, 6) is 0.898. The minimum Gasteiger partial charge on any atom is -0.493 e. The summed E-state index contributed by atoms with van der Waals surface area (Å²) in [6.45, 7) is 0.148. The molecule has 0 unspecified atom stereocenters. The molecule has 21 heavy (non-hydrogen) atoms. The Hall–Kier alpha value is -0.940. The maximum absolute atomic E-state index is 9.17. The van der Waals surface area contributed by atoms with Gasteiger partial charge in [-0.2, -0.15) is 0 Å². The number of methoxy groups -OCH3 is 1. The molecule has 0 saturated carbocycles. The van der Waals surface area contributed by atoms with E-state index in [1.165, 1.54) is 7.11 Å². The Labute approximate surface area is 141 Å². The van der Waals surface area contributed by atoms with E-state index in [0.29, 0.717) is 27.1 Å². The lowest BCUT2D eigenvalue weighted by atomic mass is 10.2. The van der Waals surface area contributed by atoms with E-state index in [-0.39, 0.29) is 13.2 Å². The first-order chi connectivity index (χ1) is 10.0. The van der Waals surface area contributed by atoms with Gasteiger partial charge in [-0.05, 0) is 29.8 Å². The highest BCUT2D eigenvalue weighted by molar-refractivity contribution is 9.10. The van der Waals surface area contributed by atoms with Crippen molar-refractivity contribution in [1.29, 1.82) is 0 Å². The quantitative estimate of drug-likeness (QED) is 0.792. The highest BCUT2D eigenvalue weighted by atomic mass is 79.9. The number of hydrogen-bond acceptors (Lipinski definition) is 3. The molecule has 0 saturated heterocycles. The minimum atomic E-state index is -0.116. The maximum Gasteiger partial charge on any atom is 0.180 e. The summed E-state index contributed by atoms with van der Waals surface area (Å²) >= 11 is 15.7. The lowest BCUT2D eigenvalue weighted by molar-refractivity contribution is 0.274. The molecule has 0 aliphatic carbocycles. The molecular weight excluding hydrogens is 379 g/mol. The molecule has 0 fully saturated rings. The van der Waals surface area contributed by atoms with Crippen LogP contribution in [0.4, 0.5) is 0 Å². The SMILES string of the molecule is COc1cc(CO)cc(Cl)c1OCc1ccc(Br)cc1Cl. The van der Waals surface area contributed by atoms with Crippen LogP contribution in [-0.2, 0) is 13.2 Å². The normalized spacial score (nSPS) is 10.5. The van der Waals surface area contributed by atoms with Crippen LogP contribution < -0.4 is 9.47 Å². The van der Waals surface area contributed by atoms with Gasteiger partial charge >= 0.3 is 0 Å². The van der Waals surface area contributed by atoms with Gasteiger partial charge in [-0.15, -0.1) is 0 Å². The molecular formula is C15H13BrCl2O3. The fourth-order valence-corrected chi connectivity index (χ4v) is 2.81. The van der Waals surface area contributed by atoms with Crippen LogP contribution in [-0.4, -0.2) is 12.2 Å². The molecule has 0 aliphatic rings. The van der Waals surface area contributed by atoms with Gasteiger partial charge in [0.05, 0.1) is 18.7 Å². The Morgan fingerprint density at radius 1 is 1.14 bits per heavy atom. The number of benzene rings is 2. The molecule has 0 aliphatic heterocycles. The molecule has 112 valence electrons. The average Bonchev–Trinajstić information content (AvgIpc) is 2.46. The average molecular weight is 392 g/mol. The predicted molar refractivity (Wildman–Crippen MR) is 87.4 cm³/mol. The van der Waals surface area contributed by atoms with Gasteiger partial charge in [0.15, 0.2) is 11.5 Å². The van der Waals surface area contributed by atoms with Crippen molar-refractivity contribution in [2.75, 3.05) is 7.11 Å². The Morgan fingerprint density at radius 3 is 2.52 bits per heavy atom. The van der Waals surface area contributed by atoms with E-state index in [4.69, 9.17) is 37.8 Å². The van der Waals surface area contributed by atoms with Crippen LogP contribution in [0.1, 0.15) is 11.1 Å². The Bertz CT molecular complexity index is 647. The molecule has 6 heteroatoms. The summed E-state index contributed by atoms with van der Waals surface area (Å²) < 4.78 is 11.9. The highest BCUT2D eigenvalue weighted by Crippen LogP contribution is 2.37. The van der Waals surface area contributed by atoms with Gasteiger partial charge in [-0.3, -0.25) is 0 Å². The Balaban J connectivity index is 2.23. The topological polar surface area (TPSA) is 38.7 Å². The molecule has 2 aromatic carbocycles. The maximum atomic E-state index is 9.17. The summed E-state index contributed by atoms with van der Waals surface area (Å²) in [6.07, 6.45) is 0. The van der Waals surface area contributed by atoms with E-state index >= 15 is 0 Å². The molecule has 0 amide bonds.